The number of hydrogen-bond donors (Lipinski definition) is 1. The smallest absolute Gasteiger partial charge is 1.00 e. The van der Waals surface area contributed by atoms with Gasteiger partial charge in [-0.1, -0.05) is 22.4 Å². The summed E-state index contributed by atoms with van der Waals surface area (Å²) in [5.74, 6) is -4.69. The first-order valence-corrected chi connectivity index (χ1v) is 17.9. The first-order valence-electron chi connectivity index (χ1n) is 17.9. The molecular weight excluding hydrogens is 843 g/mol. The molecule has 0 aliphatic heterocycles. The molecule has 0 saturated heterocycles. The Labute approximate surface area is 369 Å². The van der Waals surface area contributed by atoms with Crippen LogP contribution in [0.1, 0.15) is 77.3 Å². The second-order valence-electron chi connectivity index (χ2n) is 15.1. The number of hydrogen-bond acceptors (Lipinski definition) is 20. The van der Waals surface area contributed by atoms with Gasteiger partial charge in [0, 0.05) is 0 Å². The van der Waals surface area contributed by atoms with Crippen LogP contribution in [0, 0.1) is 21.7 Å². The number of ether oxygens (including phenoxy) is 3. The van der Waals surface area contributed by atoms with Gasteiger partial charge in [-0.15, -0.1) is 4.63 Å². The van der Waals surface area contributed by atoms with E-state index in [1.807, 2.05) is 0 Å². The van der Waals surface area contributed by atoms with E-state index in [-0.39, 0.29) is 59.9 Å². The van der Waals surface area contributed by atoms with E-state index in [1.165, 1.54) is 28.8 Å². The molecule has 2 aromatic carbocycles. The summed E-state index contributed by atoms with van der Waals surface area (Å²) in [6.07, 6.45) is 0.923. The predicted molar refractivity (Wildman–Crippen MR) is 197 cm³/mol. The molecule has 2 aliphatic rings. The molecule has 1 N–H and O–H groups in total. The predicted octanol–water partition coefficient (Wildman–Crippen LogP) is 0.407. The summed E-state index contributed by atoms with van der Waals surface area (Å²) in [7, 11) is 0. The fourth-order valence-electron chi connectivity index (χ4n) is 6.07. The van der Waals surface area contributed by atoms with E-state index < -0.39 is 82.3 Å². The third-order valence-electron chi connectivity index (χ3n) is 8.48. The van der Waals surface area contributed by atoms with Crippen molar-refractivity contribution in [1.82, 2.24) is 40.1 Å². The molecule has 2 atom stereocenters. The minimum atomic E-state index is -0.836. The molecule has 23 nitrogen and oxygen atoms in total. The van der Waals surface area contributed by atoms with E-state index in [1.54, 1.807) is 53.7 Å². The van der Waals surface area contributed by atoms with Crippen molar-refractivity contribution in [2.24, 2.45) is 0 Å². The van der Waals surface area contributed by atoms with Gasteiger partial charge in [0.15, 0.2) is 11.8 Å². The van der Waals surface area contributed by atoms with E-state index in [4.69, 9.17) is 23.8 Å². The number of aromatic nitrogens is 8. The first-order chi connectivity index (χ1) is 28.7. The second-order valence-corrected chi connectivity index (χ2v) is 15.1. The van der Waals surface area contributed by atoms with Crippen molar-refractivity contribution in [3.05, 3.63) is 102 Å². The molecule has 0 amide bonds. The maximum Gasteiger partial charge on any atom is 1.00 e. The van der Waals surface area contributed by atoms with Gasteiger partial charge in [-0.05, 0) is 121 Å². The Hall–Kier alpha value is -6.44. The Morgan fingerprint density at radius 2 is 1.26 bits per heavy atom. The van der Waals surface area contributed by atoms with Crippen LogP contribution in [-0.2, 0) is 31.9 Å². The first kappa shape index (κ1) is 46.6. The number of fused-ring (bicyclic) bond motifs is 2. The summed E-state index contributed by atoms with van der Waals surface area (Å²) in [6, 6.07) is 7.56. The zero-order chi connectivity index (χ0) is 44.4. The molecule has 62 heavy (non-hydrogen) atoms. The fraction of sp³-hybridized carbons (Fsp3) is 0.389. The van der Waals surface area contributed by atoms with Crippen molar-refractivity contribution < 1.29 is 91.9 Å². The Bertz CT molecular complexity index is 2720. The summed E-state index contributed by atoms with van der Waals surface area (Å²) in [5.41, 5.74) is 1.48. The summed E-state index contributed by atoms with van der Waals surface area (Å²) >= 11 is 0. The van der Waals surface area contributed by atoms with E-state index >= 15 is 0 Å². The van der Waals surface area contributed by atoms with Crippen LogP contribution >= 0.6 is 0 Å². The van der Waals surface area contributed by atoms with Crippen LogP contribution in [0.4, 0.5) is 14.6 Å². The summed E-state index contributed by atoms with van der Waals surface area (Å²) in [5, 5.41) is 40.3. The zero-order valence-corrected chi connectivity index (χ0v) is 36.0. The molecule has 4 heterocycles. The number of nitrogens with zero attached hydrogens (tertiary/aromatic N) is 9. The van der Waals surface area contributed by atoms with Crippen LogP contribution in [0.2, 0.25) is 0 Å². The normalized spacial score (nSPS) is 14.8. The molecule has 8 rings (SSSR count). The molecular formula is C36H36F2N9NaO14. The van der Waals surface area contributed by atoms with E-state index in [2.05, 4.69) is 44.7 Å². The van der Waals surface area contributed by atoms with Gasteiger partial charge in [0.2, 0.25) is 17.3 Å². The molecule has 4 aromatic heterocycles. The average Bonchev–Trinajstić information content (AvgIpc) is 3.97. The molecule has 324 valence electrons. The van der Waals surface area contributed by atoms with Gasteiger partial charge in [0.25, 0.3) is 11.6 Å². The van der Waals surface area contributed by atoms with Crippen LogP contribution in [-0.4, -0.2) is 86.5 Å². The molecule has 0 saturated carbocycles. The number of aliphatic hydroxyl groups is 1. The Balaban J connectivity index is 0.000000230. The van der Waals surface area contributed by atoms with Crippen LogP contribution in [0.3, 0.4) is 0 Å². The zero-order valence-electron chi connectivity index (χ0n) is 35.0. The molecule has 0 radical (unpaired) electrons. The molecule has 26 heteroatoms. The SMILES string of the molecule is CC(C)(C)OC(=O)CO.CC(C)(C)OC(=O)COc1nonc1-c1noc(=O)n1C1Cc2ccc(F)cc21.O=c1onc(-c2nonc2[N+](=O)[O-])n1C1Cc2ccc(F)cc21.[H-].[Na+]. The minimum Gasteiger partial charge on any atom is -1.00 e. The van der Waals surface area contributed by atoms with Gasteiger partial charge < -0.3 is 30.9 Å². The van der Waals surface area contributed by atoms with Gasteiger partial charge in [0.05, 0.1) is 12.1 Å². The third-order valence-corrected chi connectivity index (χ3v) is 8.48. The maximum absolute atomic E-state index is 13.6. The van der Waals surface area contributed by atoms with Crippen molar-refractivity contribution in [3.63, 3.8) is 0 Å². The average molecular weight is 880 g/mol. The number of nitro groups is 1. The number of carbonyl (C=O) groups excluding carboxylic acids is 2. The van der Waals surface area contributed by atoms with Gasteiger partial charge >= 0.3 is 58.8 Å². The van der Waals surface area contributed by atoms with Crippen LogP contribution in [0.25, 0.3) is 23.0 Å². The van der Waals surface area contributed by atoms with Gasteiger partial charge in [-0.25, -0.2) is 41.7 Å². The van der Waals surface area contributed by atoms with Crippen LogP contribution < -0.4 is 45.8 Å². The van der Waals surface area contributed by atoms with Crippen molar-refractivity contribution in [1.29, 1.82) is 0 Å². The summed E-state index contributed by atoms with van der Waals surface area (Å²) < 4.78 is 62.9. The minimum absolute atomic E-state index is 0. The summed E-state index contributed by atoms with van der Waals surface area (Å²) in [4.78, 5) is 56.5. The van der Waals surface area contributed by atoms with Crippen LogP contribution in [0.15, 0.2) is 64.3 Å². The van der Waals surface area contributed by atoms with Crippen molar-refractivity contribution in [2.75, 3.05) is 13.2 Å². The molecule has 2 unspecified atom stereocenters. The Kier molecular flexibility index (Phi) is 14.0. The van der Waals surface area contributed by atoms with E-state index in [0.717, 1.165) is 15.7 Å². The summed E-state index contributed by atoms with van der Waals surface area (Å²) in [6.45, 7) is 9.43. The number of rotatable bonds is 9. The standard InChI is InChI=1S/C18H17FN4O6.C12H6FN5O5.C6H12O3.Na.H/c1-18(2,3)27-13(24)8-26-16-14(20-29-22-16)15-21-28-17(25)23(15)12-6-9-4-5-10(19)7-11(9)12;13-6-2-1-5-3-8(7(5)4-6)17-10(15-22-12(17)19)9-11(18(20)21)16-23-14-9;1-6(2,3)9-5(8)4-7;;/h4-5,7,12H,6,8H2,1-3H3;1-2,4,8H,3H2;7H,4H2,1-3H3;;/q;;;+1;-1. The molecule has 0 fully saturated rings. The van der Waals surface area contributed by atoms with Gasteiger partial charge in [-0.2, -0.15) is 0 Å². The third kappa shape index (κ3) is 10.5. The van der Waals surface area contributed by atoms with E-state index in [9.17, 15) is 38.1 Å². The second kappa shape index (κ2) is 18.7. The number of benzene rings is 2. The molecule has 0 spiro atoms. The Morgan fingerprint density at radius 3 is 1.73 bits per heavy atom. The van der Waals surface area contributed by atoms with E-state index in [0.29, 0.717) is 24.0 Å². The molecule has 0 bridgehead atoms. The van der Waals surface area contributed by atoms with Crippen molar-refractivity contribution in [3.8, 4) is 28.9 Å². The van der Waals surface area contributed by atoms with Gasteiger partial charge in [-0.3, -0.25) is 9.05 Å². The molecule has 6 aromatic rings. The Morgan fingerprint density at radius 1 is 0.790 bits per heavy atom. The largest absolute Gasteiger partial charge is 1.00 e. The van der Waals surface area contributed by atoms with Crippen molar-refractivity contribution >= 4 is 17.8 Å². The van der Waals surface area contributed by atoms with Crippen molar-refractivity contribution in [2.45, 2.75) is 77.7 Å². The topological polar surface area (TPSA) is 299 Å². The number of halogens is 2. The number of aliphatic hydroxyl groups excluding tert-OH is 1. The van der Waals surface area contributed by atoms with Crippen LogP contribution in [0.5, 0.6) is 5.88 Å². The maximum atomic E-state index is 13.6. The monoisotopic (exact) mass is 879 g/mol. The fourth-order valence-corrected chi connectivity index (χ4v) is 6.07. The quantitative estimate of drug-likeness (QED) is 0.0890. The number of esters is 2. The number of carbonyl (C=O) groups is 2. The van der Waals surface area contributed by atoms with Gasteiger partial charge in [0.1, 0.15) is 29.4 Å². The molecule has 2 aliphatic carbocycles.